The lowest BCUT2D eigenvalue weighted by Crippen LogP contribution is -2.48. The fraction of sp³-hybridized carbons (Fsp3) is 0.929. The molecule has 1 atom stereocenters. The van der Waals surface area contributed by atoms with Crippen LogP contribution >= 0.6 is 0 Å². The van der Waals surface area contributed by atoms with E-state index >= 15 is 0 Å². The number of likely N-dealkylation sites (tertiary alicyclic amines) is 1. The molecule has 0 saturated carbocycles. The van der Waals surface area contributed by atoms with Crippen molar-refractivity contribution in [1.29, 1.82) is 0 Å². The largest absolute Gasteiger partial charge is 0.378 e. The van der Waals surface area contributed by atoms with Crippen LogP contribution in [0.4, 0.5) is 0 Å². The minimum atomic E-state index is 0.218. The van der Waals surface area contributed by atoms with E-state index in [1.54, 1.807) is 0 Å². The number of nitrogens with zero attached hydrogens (tertiary/aromatic N) is 2. The molecule has 4 heteroatoms. The molecule has 0 spiro atoms. The Morgan fingerprint density at radius 1 is 1.28 bits per heavy atom. The predicted octanol–water partition coefficient (Wildman–Crippen LogP) is 1.21. The van der Waals surface area contributed by atoms with Gasteiger partial charge in [-0.05, 0) is 25.3 Å². The summed E-state index contributed by atoms with van der Waals surface area (Å²) in [5, 5.41) is 0. The summed E-state index contributed by atoms with van der Waals surface area (Å²) >= 11 is 0. The number of ether oxygens (including phenoxy) is 1. The maximum Gasteiger partial charge on any atom is 0.227 e. The first-order valence-electron chi connectivity index (χ1n) is 7.25. The number of hydrogen-bond acceptors (Lipinski definition) is 3. The van der Waals surface area contributed by atoms with Gasteiger partial charge >= 0.3 is 0 Å². The molecule has 0 aromatic rings. The highest BCUT2D eigenvalue weighted by atomic mass is 16.5. The molecule has 104 valence electrons. The summed E-state index contributed by atoms with van der Waals surface area (Å²) in [4.78, 5) is 16.9. The minimum Gasteiger partial charge on any atom is -0.378 e. The van der Waals surface area contributed by atoms with Gasteiger partial charge in [0.15, 0.2) is 0 Å². The van der Waals surface area contributed by atoms with Crippen molar-refractivity contribution < 1.29 is 9.53 Å². The zero-order chi connectivity index (χ0) is 13.0. The summed E-state index contributed by atoms with van der Waals surface area (Å²) in [5.74, 6) is 1.25. The molecular weight excluding hydrogens is 228 g/mol. The molecule has 2 rings (SSSR count). The molecular formula is C14H26N2O2. The molecule has 0 aromatic heterocycles. The molecule has 2 heterocycles. The Kier molecular flexibility index (Phi) is 5.01. The van der Waals surface area contributed by atoms with Crippen molar-refractivity contribution in [2.24, 2.45) is 11.8 Å². The molecule has 2 saturated heterocycles. The molecule has 2 aliphatic heterocycles. The summed E-state index contributed by atoms with van der Waals surface area (Å²) in [6.45, 7) is 10.7. The van der Waals surface area contributed by atoms with Crippen LogP contribution in [-0.2, 0) is 9.53 Å². The van der Waals surface area contributed by atoms with Crippen molar-refractivity contribution in [3.63, 3.8) is 0 Å². The first kappa shape index (κ1) is 13.8. The fourth-order valence-corrected chi connectivity index (χ4v) is 2.98. The van der Waals surface area contributed by atoms with Gasteiger partial charge < -0.3 is 14.5 Å². The third-order valence-electron chi connectivity index (χ3n) is 3.80. The highest BCUT2D eigenvalue weighted by Crippen LogP contribution is 2.20. The maximum atomic E-state index is 12.4. The second-order valence-corrected chi connectivity index (χ2v) is 5.93. The van der Waals surface area contributed by atoms with Crippen molar-refractivity contribution in [1.82, 2.24) is 9.80 Å². The van der Waals surface area contributed by atoms with Crippen LogP contribution in [0.25, 0.3) is 0 Å². The van der Waals surface area contributed by atoms with Crippen LogP contribution in [0.2, 0.25) is 0 Å². The zero-order valence-corrected chi connectivity index (χ0v) is 11.7. The molecule has 18 heavy (non-hydrogen) atoms. The smallest absolute Gasteiger partial charge is 0.227 e. The number of carbonyl (C=O) groups is 1. The highest BCUT2D eigenvalue weighted by Gasteiger charge is 2.29. The van der Waals surface area contributed by atoms with Gasteiger partial charge in [-0.1, -0.05) is 13.8 Å². The molecule has 0 aliphatic carbocycles. The lowest BCUT2D eigenvalue weighted by molar-refractivity contribution is -0.141. The third-order valence-corrected chi connectivity index (χ3v) is 3.80. The molecule has 0 radical (unpaired) electrons. The minimum absolute atomic E-state index is 0.218. The number of piperidine rings is 1. The van der Waals surface area contributed by atoms with Gasteiger partial charge in [-0.25, -0.2) is 0 Å². The van der Waals surface area contributed by atoms with Crippen LogP contribution in [0.15, 0.2) is 0 Å². The highest BCUT2D eigenvalue weighted by molar-refractivity contribution is 5.79. The Morgan fingerprint density at radius 3 is 2.67 bits per heavy atom. The normalized spacial score (nSPS) is 26.6. The van der Waals surface area contributed by atoms with E-state index in [4.69, 9.17) is 4.74 Å². The van der Waals surface area contributed by atoms with Crippen molar-refractivity contribution in [3.05, 3.63) is 0 Å². The Balaban J connectivity index is 1.85. The van der Waals surface area contributed by atoms with Gasteiger partial charge in [-0.2, -0.15) is 0 Å². The SMILES string of the molecule is CC(C)CN1CCCC(C(=O)N2CCOCC2)C1. The van der Waals surface area contributed by atoms with Gasteiger partial charge in [-0.3, -0.25) is 4.79 Å². The van der Waals surface area contributed by atoms with Gasteiger partial charge in [0.25, 0.3) is 0 Å². The summed E-state index contributed by atoms with van der Waals surface area (Å²) in [6, 6.07) is 0. The van der Waals surface area contributed by atoms with E-state index in [1.807, 2.05) is 4.90 Å². The summed E-state index contributed by atoms with van der Waals surface area (Å²) in [5.41, 5.74) is 0. The van der Waals surface area contributed by atoms with Gasteiger partial charge in [0.1, 0.15) is 0 Å². The van der Waals surface area contributed by atoms with E-state index in [0.29, 0.717) is 25.0 Å². The van der Waals surface area contributed by atoms with Crippen LogP contribution < -0.4 is 0 Å². The molecule has 1 amide bonds. The lowest BCUT2D eigenvalue weighted by atomic mass is 9.95. The zero-order valence-electron chi connectivity index (χ0n) is 11.7. The second-order valence-electron chi connectivity index (χ2n) is 5.93. The van der Waals surface area contributed by atoms with Crippen LogP contribution in [0, 0.1) is 11.8 Å². The van der Waals surface area contributed by atoms with Crippen molar-refractivity contribution in [2.75, 3.05) is 45.9 Å². The number of rotatable bonds is 3. The topological polar surface area (TPSA) is 32.8 Å². The predicted molar refractivity (Wildman–Crippen MR) is 71.4 cm³/mol. The first-order chi connectivity index (χ1) is 8.66. The van der Waals surface area contributed by atoms with E-state index in [1.165, 1.54) is 0 Å². The number of amides is 1. The van der Waals surface area contributed by atoms with E-state index in [-0.39, 0.29) is 5.92 Å². The second kappa shape index (κ2) is 6.53. The fourth-order valence-electron chi connectivity index (χ4n) is 2.98. The molecule has 0 N–H and O–H groups in total. The monoisotopic (exact) mass is 254 g/mol. The molecule has 2 aliphatic rings. The van der Waals surface area contributed by atoms with E-state index in [0.717, 1.165) is 45.6 Å². The van der Waals surface area contributed by atoms with Gasteiger partial charge in [0.05, 0.1) is 19.1 Å². The average molecular weight is 254 g/mol. The average Bonchev–Trinajstić information content (AvgIpc) is 2.38. The lowest BCUT2D eigenvalue weighted by Gasteiger charge is -2.36. The summed E-state index contributed by atoms with van der Waals surface area (Å²) < 4.78 is 5.31. The van der Waals surface area contributed by atoms with E-state index < -0.39 is 0 Å². The van der Waals surface area contributed by atoms with Crippen LogP contribution in [0.3, 0.4) is 0 Å². The Hall–Kier alpha value is -0.610. The Labute approximate surface area is 110 Å². The molecule has 1 unspecified atom stereocenters. The number of hydrogen-bond donors (Lipinski definition) is 0. The maximum absolute atomic E-state index is 12.4. The van der Waals surface area contributed by atoms with Crippen LogP contribution in [0.5, 0.6) is 0 Å². The molecule has 4 nitrogen and oxygen atoms in total. The van der Waals surface area contributed by atoms with Crippen LogP contribution in [-0.4, -0.2) is 61.6 Å². The number of morpholine rings is 1. The third kappa shape index (κ3) is 3.69. The van der Waals surface area contributed by atoms with Crippen molar-refractivity contribution in [3.8, 4) is 0 Å². The van der Waals surface area contributed by atoms with Gasteiger partial charge in [0.2, 0.25) is 5.91 Å². The van der Waals surface area contributed by atoms with Crippen molar-refractivity contribution in [2.45, 2.75) is 26.7 Å². The molecule has 0 aromatic carbocycles. The van der Waals surface area contributed by atoms with E-state index in [2.05, 4.69) is 18.7 Å². The standard InChI is InChI=1S/C14H26N2O2/c1-12(2)10-15-5-3-4-13(11-15)14(17)16-6-8-18-9-7-16/h12-13H,3-11H2,1-2H3. The van der Waals surface area contributed by atoms with E-state index in [9.17, 15) is 4.79 Å². The number of carbonyl (C=O) groups excluding carboxylic acids is 1. The molecule has 0 bridgehead atoms. The Morgan fingerprint density at radius 2 is 2.00 bits per heavy atom. The summed E-state index contributed by atoms with van der Waals surface area (Å²) in [7, 11) is 0. The molecule has 2 fully saturated rings. The van der Waals surface area contributed by atoms with Crippen molar-refractivity contribution >= 4 is 5.91 Å². The Bertz CT molecular complexity index is 275. The van der Waals surface area contributed by atoms with Gasteiger partial charge in [0, 0.05) is 26.2 Å². The quantitative estimate of drug-likeness (QED) is 0.759. The van der Waals surface area contributed by atoms with Gasteiger partial charge in [-0.15, -0.1) is 0 Å². The first-order valence-corrected chi connectivity index (χ1v) is 7.25. The van der Waals surface area contributed by atoms with Crippen LogP contribution in [0.1, 0.15) is 26.7 Å². The summed E-state index contributed by atoms with van der Waals surface area (Å²) in [6.07, 6.45) is 2.22.